The van der Waals surface area contributed by atoms with Crippen LogP contribution < -0.4 is 20.5 Å². The molecule has 0 atom stereocenters. The largest absolute Gasteiger partial charge is 0.497 e. The summed E-state index contributed by atoms with van der Waals surface area (Å²) in [6.45, 7) is 5.89. The number of amides is 1. The van der Waals surface area contributed by atoms with Gasteiger partial charge >= 0.3 is 0 Å². The van der Waals surface area contributed by atoms with Gasteiger partial charge < -0.3 is 9.47 Å². The van der Waals surface area contributed by atoms with Gasteiger partial charge in [-0.05, 0) is 32.9 Å². The maximum absolute atomic E-state index is 12.7. The number of fused-ring (bicyclic) bond motifs is 1. The van der Waals surface area contributed by atoms with Gasteiger partial charge in [0.1, 0.15) is 23.2 Å². The molecule has 2 aromatic heterocycles. The molecule has 0 aliphatic carbocycles. The molecule has 0 fully saturated rings. The molecular formula is C18H21N5O4. The molecule has 1 N–H and O–H groups in total. The Balaban J connectivity index is 1.97. The Bertz CT molecular complexity index is 1060. The highest BCUT2D eigenvalue weighted by Crippen LogP contribution is 2.24. The van der Waals surface area contributed by atoms with E-state index in [1.54, 1.807) is 22.9 Å². The summed E-state index contributed by atoms with van der Waals surface area (Å²) >= 11 is 0. The van der Waals surface area contributed by atoms with Gasteiger partial charge in [0.25, 0.3) is 11.5 Å². The Hall–Kier alpha value is -3.36. The molecule has 0 saturated heterocycles. The highest BCUT2D eigenvalue weighted by Gasteiger charge is 2.20. The van der Waals surface area contributed by atoms with Gasteiger partial charge in [0.05, 0.1) is 31.5 Å². The molecule has 3 aromatic rings. The van der Waals surface area contributed by atoms with E-state index in [4.69, 9.17) is 9.47 Å². The van der Waals surface area contributed by atoms with Crippen LogP contribution in [0.5, 0.6) is 11.5 Å². The number of aromatic nitrogens is 4. The SMILES string of the molecule is COc1ccc(C(=O)Nn2cnc3c(cnn3C(C)(C)C)c2=O)c(OC)c1. The predicted molar refractivity (Wildman–Crippen MR) is 100 cm³/mol. The monoisotopic (exact) mass is 371 g/mol. The van der Waals surface area contributed by atoms with Gasteiger partial charge in [-0.2, -0.15) is 5.10 Å². The first-order valence-electron chi connectivity index (χ1n) is 8.25. The zero-order valence-corrected chi connectivity index (χ0v) is 15.8. The first-order valence-corrected chi connectivity index (χ1v) is 8.25. The molecular weight excluding hydrogens is 350 g/mol. The molecule has 9 nitrogen and oxygen atoms in total. The quantitative estimate of drug-likeness (QED) is 0.750. The first-order chi connectivity index (χ1) is 12.8. The van der Waals surface area contributed by atoms with Crippen molar-refractivity contribution in [2.24, 2.45) is 0 Å². The van der Waals surface area contributed by atoms with Crippen LogP contribution in [0.15, 0.2) is 35.5 Å². The van der Waals surface area contributed by atoms with Crippen molar-refractivity contribution in [3.63, 3.8) is 0 Å². The third-order valence-corrected chi connectivity index (χ3v) is 4.00. The van der Waals surface area contributed by atoms with Crippen molar-refractivity contribution in [3.05, 3.63) is 46.6 Å². The molecule has 0 unspecified atom stereocenters. The molecule has 0 bridgehead atoms. The Morgan fingerprint density at radius 3 is 2.56 bits per heavy atom. The van der Waals surface area contributed by atoms with E-state index in [0.717, 1.165) is 4.68 Å². The summed E-state index contributed by atoms with van der Waals surface area (Å²) in [6.07, 6.45) is 2.72. The number of carbonyl (C=O) groups excluding carboxylic acids is 1. The Morgan fingerprint density at radius 1 is 1.19 bits per heavy atom. The second-order valence-corrected chi connectivity index (χ2v) is 6.89. The second-order valence-electron chi connectivity index (χ2n) is 6.89. The van der Waals surface area contributed by atoms with Crippen LogP contribution >= 0.6 is 0 Å². The molecule has 2 heterocycles. The van der Waals surface area contributed by atoms with E-state index < -0.39 is 11.5 Å². The first kappa shape index (κ1) is 18.4. The molecule has 142 valence electrons. The zero-order valence-electron chi connectivity index (χ0n) is 15.8. The van der Waals surface area contributed by atoms with Gasteiger partial charge in [0.2, 0.25) is 0 Å². The highest BCUT2D eigenvalue weighted by atomic mass is 16.5. The normalized spacial score (nSPS) is 11.4. The summed E-state index contributed by atoms with van der Waals surface area (Å²) in [5.41, 5.74) is 2.50. The minimum absolute atomic E-state index is 0.260. The topological polar surface area (TPSA) is 100 Å². The predicted octanol–water partition coefficient (Wildman–Crippen LogP) is 1.75. The average Bonchev–Trinajstić information content (AvgIpc) is 3.08. The van der Waals surface area contributed by atoms with Crippen LogP contribution in [0.4, 0.5) is 0 Å². The van der Waals surface area contributed by atoms with Gasteiger partial charge in [0, 0.05) is 6.07 Å². The Labute approximate surface area is 155 Å². The number of hydrogen-bond acceptors (Lipinski definition) is 6. The molecule has 3 rings (SSSR count). The van der Waals surface area contributed by atoms with Gasteiger partial charge in [-0.15, -0.1) is 0 Å². The van der Waals surface area contributed by atoms with E-state index in [1.807, 2.05) is 20.8 Å². The van der Waals surface area contributed by atoms with Gasteiger partial charge in [-0.25, -0.2) is 14.3 Å². The minimum atomic E-state index is -0.513. The highest BCUT2D eigenvalue weighted by molar-refractivity contribution is 6.02. The molecule has 9 heteroatoms. The lowest BCUT2D eigenvalue weighted by Gasteiger charge is -2.19. The van der Waals surface area contributed by atoms with E-state index in [9.17, 15) is 9.59 Å². The summed E-state index contributed by atoms with van der Waals surface area (Å²) in [5, 5.41) is 4.56. The molecule has 1 amide bonds. The number of hydrogen-bond donors (Lipinski definition) is 1. The van der Waals surface area contributed by atoms with E-state index in [1.165, 1.54) is 26.7 Å². The van der Waals surface area contributed by atoms with Crippen molar-refractivity contribution < 1.29 is 14.3 Å². The van der Waals surface area contributed by atoms with Crippen molar-refractivity contribution in [2.45, 2.75) is 26.3 Å². The van der Waals surface area contributed by atoms with Crippen molar-refractivity contribution in [1.82, 2.24) is 19.4 Å². The van der Waals surface area contributed by atoms with Crippen molar-refractivity contribution >= 4 is 16.9 Å². The fourth-order valence-electron chi connectivity index (χ4n) is 2.64. The third kappa shape index (κ3) is 3.35. The Morgan fingerprint density at radius 2 is 1.93 bits per heavy atom. The van der Waals surface area contributed by atoms with E-state index in [0.29, 0.717) is 22.5 Å². The fraction of sp³-hybridized carbons (Fsp3) is 0.333. The summed E-state index contributed by atoms with van der Waals surface area (Å²) in [7, 11) is 2.97. The number of benzene rings is 1. The van der Waals surface area contributed by atoms with Crippen LogP contribution in [0, 0.1) is 0 Å². The second kappa shape index (κ2) is 6.75. The summed E-state index contributed by atoms with van der Waals surface area (Å²) in [6, 6.07) is 4.78. The Kier molecular flexibility index (Phi) is 4.61. The van der Waals surface area contributed by atoms with E-state index >= 15 is 0 Å². The van der Waals surface area contributed by atoms with Crippen molar-refractivity contribution in [3.8, 4) is 11.5 Å². The van der Waals surface area contributed by atoms with E-state index in [2.05, 4.69) is 15.5 Å². The lowest BCUT2D eigenvalue weighted by molar-refractivity contribution is 0.100. The lowest BCUT2D eigenvalue weighted by atomic mass is 10.1. The van der Waals surface area contributed by atoms with Gasteiger partial charge in [0.15, 0.2) is 5.65 Å². The van der Waals surface area contributed by atoms with E-state index in [-0.39, 0.29) is 11.1 Å². The average molecular weight is 371 g/mol. The molecule has 0 aliphatic heterocycles. The fourth-order valence-corrected chi connectivity index (χ4v) is 2.64. The third-order valence-electron chi connectivity index (χ3n) is 4.00. The number of rotatable bonds is 4. The van der Waals surface area contributed by atoms with Crippen LogP contribution in [0.2, 0.25) is 0 Å². The number of ether oxygens (including phenoxy) is 2. The molecule has 27 heavy (non-hydrogen) atoms. The van der Waals surface area contributed by atoms with Crippen molar-refractivity contribution in [2.75, 3.05) is 19.6 Å². The summed E-state index contributed by atoms with van der Waals surface area (Å²) in [4.78, 5) is 29.6. The molecule has 0 saturated carbocycles. The maximum Gasteiger partial charge on any atom is 0.283 e. The number of carbonyl (C=O) groups is 1. The summed E-state index contributed by atoms with van der Waals surface area (Å²) < 4.78 is 13.1. The molecule has 0 radical (unpaired) electrons. The number of methoxy groups -OCH3 is 2. The van der Waals surface area contributed by atoms with Crippen molar-refractivity contribution in [1.29, 1.82) is 0 Å². The van der Waals surface area contributed by atoms with Crippen LogP contribution in [-0.2, 0) is 5.54 Å². The molecule has 0 spiro atoms. The zero-order chi connectivity index (χ0) is 19.8. The van der Waals surface area contributed by atoms with Crippen LogP contribution in [0.1, 0.15) is 31.1 Å². The minimum Gasteiger partial charge on any atom is -0.497 e. The van der Waals surface area contributed by atoms with Crippen LogP contribution in [0.3, 0.4) is 0 Å². The smallest absolute Gasteiger partial charge is 0.283 e. The molecule has 0 aliphatic rings. The standard InChI is InChI=1S/C18H21N5O4/c1-18(2,3)23-15-13(9-20-23)17(25)22(10-19-15)21-16(24)12-7-6-11(26-4)8-14(12)27-5/h6-10H,1-5H3,(H,21,24). The number of nitrogens with zero attached hydrogens (tertiary/aromatic N) is 4. The van der Waals surface area contributed by atoms with Crippen LogP contribution in [-0.4, -0.2) is 39.6 Å². The number of nitrogens with one attached hydrogen (secondary N) is 1. The summed E-state index contributed by atoms with van der Waals surface area (Å²) in [5.74, 6) is 0.369. The molecule has 1 aromatic carbocycles. The lowest BCUT2D eigenvalue weighted by Crippen LogP contribution is -2.33. The maximum atomic E-state index is 12.7. The van der Waals surface area contributed by atoms with Gasteiger partial charge in [-0.3, -0.25) is 15.0 Å². The van der Waals surface area contributed by atoms with Crippen LogP contribution in [0.25, 0.3) is 11.0 Å². The van der Waals surface area contributed by atoms with Gasteiger partial charge in [-0.1, -0.05) is 0 Å².